The first-order valence-electron chi connectivity index (χ1n) is 6.80. The molecule has 1 aliphatic carbocycles. The van der Waals surface area contributed by atoms with Crippen molar-refractivity contribution >= 4 is 23.7 Å². The molecule has 3 heteroatoms. The van der Waals surface area contributed by atoms with E-state index in [1.165, 1.54) is 0 Å². The fourth-order valence-corrected chi connectivity index (χ4v) is 1.98. The number of hydrogen-bond acceptors (Lipinski definition) is 2. The Kier molecular flexibility index (Phi) is 3.59. The van der Waals surface area contributed by atoms with Crippen LogP contribution < -0.4 is 5.32 Å². The van der Waals surface area contributed by atoms with Crippen molar-refractivity contribution in [3.8, 4) is 0 Å². The fourth-order valence-electron chi connectivity index (χ4n) is 1.98. The zero-order valence-electron chi connectivity index (χ0n) is 11.1. The van der Waals surface area contributed by atoms with Crippen LogP contribution in [0, 0.1) is 5.92 Å². The molecule has 20 heavy (non-hydrogen) atoms. The lowest BCUT2D eigenvalue weighted by Gasteiger charge is -2.04. The smallest absolute Gasteiger partial charge is 0.227 e. The maximum absolute atomic E-state index is 11.7. The van der Waals surface area contributed by atoms with Gasteiger partial charge in [-0.15, -0.1) is 0 Å². The van der Waals surface area contributed by atoms with Gasteiger partial charge in [-0.3, -0.25) is 9.78 Å². The van der Waals surface area contributed by atoms with Crippen molar-refractivity contribution in [2.24, 2.45) is 5.92 Å². The molecule has 100 valence electrons. The van der Waals surface area contributed by atoms with Gasteiger partial charge in [-0.25, -0.2) is 0 Å². The maximum Gasteiger partial charge on any atom is 0.227 e. The molecule has 1 aromatic carbocycles. The standard InChI is InChI=1S/C17H16N2O/c20-17(15-6-7-15)19-16-3-1-2-14(12-16)5-4-13-8-10-18-11-9-13/h1-5,8-12,15H,6-7H2,(H,19,20)/b5-4+. The third-order valence-corrected chi connectivity index (χ3v) is 3.28. The molecular formula is C17H16N2O. The number of aromatic nitrogens is 1. The van der Waals surface area contributed by atoms with E-state index in [2.05, 4.69) is 10.3 Å². The van der Waals surface area contributed by atoms with Crippen LogP contribution in [0.4, 0.5) is 5.69 Å². The van der Waals surface area contributed by atoms with Crippen molar-refractivity contribution in [1.29, 1.82) is 0 Å². The number of hydrogen-bond donors (Lipinski definition) is 1. The summed E-state index contributed by atoms with van der Waals surface area (Å²) in [5.41, 5.74) is 3.03. The van der Waals surface area contributed by atoms with Gasteiger partial charge in [-0.1, -0.05) is 24.3 Å². The minimum atomic E-state index is 0.139. The molecule has 3 rings (SSSR count). The molecule has 0 bridgehead atoms. The van der Waals surface area contributed by atoms with Crippen LogP contribution in [0.15, 0.2) is 48.8 Å². The molecule has 0 saturated heterocycles. The number of nitrogens with one attached hydrogen (secondary N) is 1. The Bertz CT molecular complexity index is 630. The molecule has 1 saturated carbocycles. The Morgan fingerprint density at radius 1 is 1.10 bits per heavy atom. The molecule has 0 spiro atoms. The van der Waals surface area contributed by atoms with Gasteiger partial charge >= 0.3 is 0 Å². The van der Waals surface area contributed by atoms with Gasteiger partial charge in [0.15, 0.2) is 0 Å². The molecule has 1 amide bonds. The van der Waals surface area contributed by atoms with Crippen molar-refractivity contribution in [1.82, 2.24) is 4.98 Å². The van der Waals surface area contributed by atoms with Gasteiger partial charge in [-0.2, -0.15) is 0 Å². The first kappa shape index (κ1) is 12.6. The molecule has 0 aliphatic heterocycles. The van der Waals surface area contributed by atoms with E-state index in [1.807, 2.05) is 48.6 Å². The quantitative estimate of drug-likeness (QED) is 0.916. The molecule has 0 radical (unpaired) electrons. The molecule has 1 heterocycles. The van der Waals surface area contributed by atoms with Crippen LogP contribution in [-0.2, 0) is 4.79 Å². The van der Waals surface area contributed by atoms with Crippen LogP contribution in [-0.4, -0.2) is 10.9 Å². The highest BCUT2D eigenvalue weighted by molar-refractivity contribution is 5.94. The number of carbonyl (C=O) groups is 1. The monoisotopic (exact) mass is 264 g/mol. The highest BCUT2D eigenvalue weighted by Gasteiger charge is 2.29. The van der Waals surface area contributed by atoms with Crippen LogP contribution in [0.1, 0.15) is 24.0 Å². The Morgan fingerprint density at radius 2 is 1.85 bits per heavy atom. The SMILES string of the molecule is O=C(Nc1cccc(/C=C/c2ccncc2)c1)C1CC1. The molecule has 2 aromatic rings. The minimum absolute atomic E-state index is 0.139. The van der Waals surface area contributed by atoms with Gasteiger partial charge in [0.2, 0.25) is 5.91 Å². The highest BCUT2D eigenvalue weighted by Crippen LogP contribution is 2.30. The van der Waals surface area contributed by atoms with E-state index in [0.29, 0.717) is 0 Å². The Morgan fingerprint density at radius 3 is 2.60 bits per heavy atom. The topological polar surface area (TPSA) is 42.0 Å². The number of anilines is 1. The predicted octanol–water partition coefficient (Wildman–Crippen LogP) is 3.60. The second kappa shape index (κ2) is 5.70. The van der Waals surface area contributed by atoms with Gasteiger partial charge in [0, 0.05) is 24.0 Å². The minimum Gasteiger partial charge on any atom is -0.326 e. The normalized spacial score (nSPS) is 14.4. The van der Waals surface area contributed by atoms with E-state index >= 15 is 0 Å². The summed E-state index contributed by atoms with van der Waals surface area (Å²) in [6.45, 7) is 0. The van der Waals surface area contributed by atoms with Gasteiger partial charge in [0.25, 0.3) is 0 Å². The molecule has 1 aromatic heterocycles. The number of benzene rings is 1. The number of nitrogens with zero attached hydrogens (tertiary/aromatic N) is 1. The zero-order chi connectivity index (χ0) is 13.8. The number of pyridine rings is 1. The van der Waals surface area contributed by atoms with Gasteiger partial charge < -0.3 is 5.32 Å². The molecule has 1 fully saturated rings. The Balaban J connectivity index is 1.70. The lowest BCUT2D eigenvalue weighted by atomic mass is 10.1. The van der Waals surface area contributed by atoms with Gasteiger partial charge in [0.05, 0.1) is 0 Å². The predicted molar refractivity (Wildman–Crippen MR) is 81.0 cm³/mol. The number of amides is 1. The first-order chi connectivity index (χ1) is 9.81. The fraction of sp³-hybridized carbons (Fsp3) is 0.176. The summed E-state index contributed by atoms with van der Waals surface area (Å²) < 4.78 is 0. The van der Waals surface area contributed by atoms with E-state index < -0.39 is 0 Å². The van der Waals surface area contributed by atoms with Crippen molar-refractivity contribution in [2.75, 3.05) is 5.32 Å². The van der Waals surface area contributed by atoms with Crippen LogP contribution in [0.25, 0.3) is 12.2 Å². The van der Waals surface area contributed by atoms with Crippen molar-refractivity contribution in [2.45, 2.75) is 12.8 Å². The largest absolute Gasteiger partial charge is 0.326 e. The second-order valence-electron chi connectivity index (χ2n) is 5.00. The van der Waals surface area contributed by atoms with Crippen molar-refractivity contribution in [3.05, 3.63) is 59.9 Å². The average Bonchev–Trinajstić information content (AvgIpc) is 3.31. The van der Waals surface area contributed by atoms with E-state index in [1.54, 1.807) is 12.4 Å². The molecule has 1 N–H and O–H groups in total. The van der Waals surface area contributed by atoms with Crippen molar-refractivity contribution in [3.63, 3.8) is 0 Å². The summed E-state index contributed by atoms with van der Waals surface area (Å²) in [7, 11) is 0. The van der Waals surface area contributed by atoms with Crippen molar-refractivity contribution < 1.29 is 4.79 Å². The summed E-state index contributed by atoms with van der Waals surface area (Å²) in [4.78, 5) is 15.7. The summed E-state index contributed by atoms with van der Waals surface area (Å²) in [5.74, 6) is 0.367. The molecule has 0 unspecified atom stereocenters. The third kappa shape index (κ3) is 3.32. The molecule has 0 atom stereocenters. The first-order valence-corrected chi connectivity index (χ1v) is 6.80. The van der Waals surface area contributed by atoms with E-state index in [0.717, 1.165) is 29.7 Å². The summed E-state index contributed by atoms with van der Waals surface area (Å²) in [6.07, 6.45) is 9.64. The number of rotatable bonds is 4. The third-order valence-electron chi connectivity index (χ3n) is 3.28. The van der Waals surface area contributed by atoms with Crippen LogP contribution >= 0.6 is 0 Å². The Labute approximate surface area is 118 Å². The zero-order valence-corrected chi connectivity index (χ0v) is 11.1. The highest BCUT2D eigenvalue weighted by atomic mass is 16.2. The van der Waals surface area contributed by atoms with Crippen LogP contribution in [0.5, 0.6) is 0 Å². The molecule has 1 aliphatic rings. The van der Waals surface area contributed by atoms with Crippen LogP contribution in [0.3, 0.4) is 0 Å². The summed E-state index contributed by atoms with van der Waals surface area (Å²) >= 11 is 0. The molecular weight excluding hydrogens is 248 g/mol. The second-order valence-corrected chi connectivity index (χ2v) is 5.00. The van der Waals surface area contributed by atoms with E-state index in [4.69, 9.17) is 0 Å². The lowest BCUT2D eigenvalue weighted by Crippen LogP contribution is -2.13. The van der Waals surface area contributed by atoms with Gasteiger partial charge in [-0.05, 0) is 48.2 Å². The average molecular weight is 264 g/mol. The summed E-state index contributed by atoms with van der Waals surface area (Å²) in [5, 5.41) is 2.96. The van der Waals surface area contributed by atoms with E-state index in [-0.39, 0.29) is 11.8 Å². The molecule has 3 nitrogen and oxygen atoms in total. The lowest BCUT2D eigenvalue weighted by molar-refractivity contribution is -0.117. The summed E-state index contributed by atoms with van der Waals surface area (Å²) in [6, 6.07) is 11.8. The number of carbonyl (C=O) groups excluding carboxylic acids is 1. The van der Waals surface area contributed by atoms with Crippen LogP contribution in [0.2, 0.25) is 0 Å². The Hall–Kier alpha value is -2.42. The van der Waals surface area contributed by atoms with E-state index in [9.17, 15) is 4.79 Å². The maximum atomic E-state index is 11.7. The van der Waals surface area contributed by atoms with Gasteiger partial charge in [0.1, 0.15) is 0 Å².